The van der Waals surface area contributed by atoms with Crippen LogP contribution in [0.25, 0.3) is 37.4 Å². The zero-order chi connectivity index (χ0) is 31.2. The van der Waals surface area contributed by atoms with E-state index < -0.39 is 23.7 Å². The Balaban J connectivity index is 1.37. The van der Waals surface area contributed by atoms with Crippen LogP contribution in [0.5, 0.6) is 6.01 Å². The highest BCUT2D eigenvalue weighted by molar-refractivity contribution is 7.22. The summed E-state index contributed by atoms with van der Waals surface area (Å²) in [5.41, 5.74) is 1.72. The third-order valence-corrected chi connectivity index (χ3v) is 9.11. The van der Waals surface area contributed by atoms with Crippen molar-refractivity contribution in [2.75, 3.05) is 39.8 Å². The molecule has 4 heterocycles. The standard InChI is InChI=1S/C30H28ClF3N6O3S/c1-18-35-22-16-21(8-9-24(22)39(18)11-3-10-38-14-12-37(2)13-15-38)40-27(41)26-23(36-29(40)43-28(42)30(32,33)34)17-25(44-26)19-4-6-20(31)7-5-19/h4-9,16-17H,3,10-15H2,1-2H3. The van der Waals surface area contributed by atoms with E-state index in [1.165, 1.54) is 0 Å². The highest BCUT2D eigenvalue weighted by Crippen LogP contribution is 2.34. The average Bonchev–Trinajstić information content (AvgIpc) is 3.54. The van der Waals surface area contributed by atoms with E-state index in [1.54, 1.807) is 48.5 Å². The summed E-state index contributed by atoms with van der Waals surface area (Å²) in [4.78, 5) is 39.9. The van der Waals surface area contributed by atoms with E-state index in [9.17, 15) is 22.8 Å². The van der Waals surface area contributed by atoms with Crippen molar-refractivity contribution in [2.24, 2.45) is 0 Å². The Morgan fingerprint density at radius 3 is 2.43 bits per heavy atom. The summed E-state index contributed by atoms with van der Waals surface area (Å²) in [5, 5.41) is 0.528. The number of esters is 1. The molecule has 230 valence electrons. The van der Waals surface area contributed by atoms with Gasteiger partial charge in [0.2, 0.25) is 0 Å². The number of imidazole rings is 1. The van der Waals surface area contributed by atoms with Gasteiger partial charge in [-0.05, 0) is 68.9 Å². The fraction of sp³-hybridized carbons (Fsp3) is 0.333. The Morgan fingerprint density at radius 2 is 1.73 bits per heavy atom. The minimum Gasteiger partial charge on any atom is -0.385 e. The maximum Gasteiger partial charge on any atom is 0.491 e. The molecule has 0 radical (unpaired) electrons. The lowest BCUT2D eigenvalue weighted by atomic mass is 10.2. The Bertz CT molecular complexity index is 1910. The number of halogens is 4. The number of aromatic nitrogens is 4. The highest BCUT2D eigenvalue weighted by atomic mass is 35.5. The number of aryl methyl sites for hydroxylation is 2. The second-order valence-corrected chi connectivity index (χ2v) is 12.2. The van der Waals surface area contributed by atoms with Crippen molar-refractivity contribution in [3.8, 4) is 22.1 Å². The molecule has 0 aliphatic carbocycles. The molecule has 14 heteroatoms. The van der Waals surface area contributed by atoms with E-state index in [-0.39, 0.29) is 15.9 Å². The van der Waals surface area contributed by atoms with Gasteiger partial charge >= 0.3 is 18.2 Å². The molecule has 2 aromatic carbocycles. The number of benzene rings is 2. The summed E-state index contributed by atoms with van der Waals surface area (Å²) in [6.45, 7) is 7.73. The van der Waals surface area contributed by atoms with E-state index in [0.717, 1.165) is 78.5 Å². The van der Waals surface area contributed by atoms with Crippen molar-refractivity contribution in [3.63, 3.8) is 0 Å². The van der Waals surface area contributed by atoms with Crippen LogP contribution in [-0.2, 0) is 11.3 Å². The first-order valence-corrected chi connectivity index (χ1v) is 15.2. The van der Waals surface area contributed by atoms with Gasteiger partial charge in [-0.1, -0.05) is 23.7 Å². The van der Waals surface area contributed by atoms with Crippen molar-refractivity contribution >= 4 is 50.2 Å². The first-order valence-electron chi connectivity index (χ1n) is 14.0. The molecule has 9 nitrogen and oxygen atoms in total. The van der Waals surface area contributed by atoms with E-state index in [1.807, 2.05) is 6.92 Å². The lowest BCUT2D eigenvalue weighted by Crippen LogP contribution is -2.44. The Hall–Kier alpha value is -3.78. The number of carbonyl (C=O) groups is 1. The predicted octanol–water partition coefficient (Wildman–Crippen LogP) is 5.53. The second kappa shape index (κ2) is 12.0. The monoisotopic (exact) mass is 644 g/mol. The normalized spacial score (nSPS) is 15.0. The van der Waals surface area contributed by atoms with Gasteiger partial charge in [-0.25, -0.2) is 14.3 Å². The molecule has 0 amide bonds. The predicted molar refractivity (Wildman–Crippen MR) is 164 cm³/mol. The molecule has 5 aromatic rings. The number of rotatable bonds is 7. The van der Waals surface area contributed by atoms with Crippen molar-refractivity contribution < 1.29 is 22.7 Å². The van der Waals surface area contributed by atoms with Crippen LogP contribution in [0.1, 0.15) is 12.2 Å². The molecule has 1 saturated heterocycles. The largest absolute Gasteiger partial charge is 0.491 e. The number of thiophene rings is 1. The molecule has 0 spiro atoms. The van der Waals surface area contributed by atoms with Gasteiger partial charge in [-0.15, -0.1) is 11.3 Å². The Morgan fingerprint density at radius 1 is 1.00 bits per heavy atom. The fourth-order valence-corrected chi connectivity index (χ4v) is 6.49. The molecular formula is C30H28ClF3N6O3S. The maximum absolute atomic E-state index is 13.8. The number of piperazine rings is 1. The van der Waals surface area contributed by atoms with Gasteiger partial charge in [0, 0.05) is 42.6 Å². The van der Waals surface area contributed by atoms with E-state index in [4.69, 9.17) is 11.6 Å². The SMILES string of the molecule is Cc1nc2cc(-n3c(OC(=O)C(F)(F)F)nc4cc(-c5ccc(Cl)cc5)sc4c3=O)ccc2n1CCCN1CCN(C)CC1. The smallest absolute Gasteiger partial charge is 0.385 e. The lowest BCUT2D eigenvalue weighted by Gasteiger charge is -2.32. The minimum atomic E-state index is -5.29. The van der Waals surface area contributed by atoms with Crippen LogP contribution in [-0.4, -0.2) is 80.8 Å². The molecule has 1 aliphatic rings. The van der Waals surface area contributed by atoms with Crippen molar-refractivity contribution in [1.29, 1.82) is 0 Å². The van der Waals surface area contributed by atoms with Crippen LogP contribution < -0.4 is 10.3 Å². The molecule has 1 aliphatic heterocycles. The molecule has 44 heavy (non-hydrogen) atoms. The summed E-state index contributed by atoms with van der Waals surface area (Å²) in [7, 11) is 2.12. The Kier molecular flexibility index (Phi) is 8.22. The van der Waals surface area contributed by atoms with Gasteiger partial charge < -0.3 is 19.1 Å². The fourth-order valence-electron chi connectivity index (χ4n) is 5.34. The average molecular weight is 645 g/mol. The number of ether oxygens (including phenoxy) is 1. The van der Waals surface area contributed by atoms with Gasteiger partial charge in [-0.3, -0.25) is 4.79 Å². The van der Waals surface area contributed by atoms with E-state index in [0.29, 0.717) is 15.4 Å². The zero-order valence-electron chi connectivity index (χ0n) is 23.9. The quantitative estimate of drug-likeness (QED) is 0.215. The summed E-state index contributed by atoms with van der Waals surface area (Å²) in [6.07, 6.45) is -4.37. The summed E-state index contributed by atoms with van der Waals surface area (Å²) >= 11 is 7.13. The third kappa shape index (κ3) is 6.09. The van der Waals surface area contributed by atoms with Crippen LogP contribution in [0.4, 0.5) is 13.2 Å². The summed E-state index contributed by atoms with van der Waals surface area (Å²) < 4.78 is 47.5. The van der Waals surface area contributed by atoms with Crippen LogP contribution in [0, 0.1) is 6.92 Å². The van der Waals surface area contributed by atoms with Crippen molar-refractivity contribution in [1.82, 2.24) is 28.9 Å². The molecule has 0 saturated carbocycles. The molecule has 6 rings (SSSR count). The third-order valence-electron chi connectivity index (χ3n) is 7.69. The van der Waals surface area contributed by atoms with Crippen LogP contribution in [0.15, 0.2) is 53.3 Å². The van der Waals surface area contributed by atoms with E-state index >= 15 is 0 Å². The number of nitrogens with zero attached hydrogens (tertiary/aromatic N) is 6. The van der Waals surface area contributed by atoms with Crippen molar-refractivity contribution in [3.05, 3.63) is 69.7 Å². The molecule has 0 atom stereocenters. The highest BCUT2D eigenvalue weighted by Gasteiger charge is 2.42. The van der Waals surface area contributed by atoms with Gasteiger partial charge in [-0.2, -0.15) is 18.2 Å². The van der Waals surface area contributed by atoms with Crippen molar-refractivity contribution in [2.45, 2.75) is 26.1 Å². The maximum atomic E-state index is 13.8. The number of alkyl halides is 3. The minimum absolute atomic E-state index is 0.104. The van der Waals surface area contributed by atoms with Gasteiger partial charge in [0.05, 0.1) is 22.2 Å². The lowest BCUT2D eigenvalue weighted by molar-refractivity contribution is -0.190. The summed E-state index contributed by atoms with van der Waals surface area (Å²) in [6, 6.07) is 12.6. The number of hydrogen-bond donors (Lipinski definition) is 0. The van der Waals surface area contributed by atoms with Crippen LogP contribution >= 0.6 is 22.9 Å². The molecule has 1 fully saturated rings. The van der Waals surface area contributed by atoms with E-state index in [2.05, 4.69) is 36.1 Å². The molecule has 0 bridgehead atoms. The topological polar surface area (TPSA) is 85.5 Å². The van der Waals surface area contributed by atoms with Gasteiger partial charge in [0.1, 0.15) is 10.5 Å². The summed E-state index contributed by atoms with van der Waals surface area (Å²) in [5.74, 6) is -1.71. The Labute approximate surface area is 259 Å². The van der Waals surface area contributed by atoms with Crippen LogP contribution in [0.3, 0.4) is 0 Å². The van der Waals surface area contributed by atoms with Gasteiger partial charge in [0.25, 0.3) is 5.56 Å². The first-order chi connectivity index (χ1) is 21.0. The molecule has 0 N–H and O–H groups in total. The van der Waals surface area contributed by atoms with Gasteiger partial charge in [0.15, 0.2) is 0 Å². The first kappa shape index (κ1) is 30.3. The number of fused-ring (bicyclic) bond motifs is 2. The molecular weight excluding hydrogens is 617 g/mol. The zero-order valence-corrected chi connectivity index (χ0v) is 25.5. The second-order valence-electron chi connectivity index (χ2n) is 10.7. The molecule has 0 unspecified atom stereocenters. The number of likely N-dealkylation sites (N-methyl/N-ethyl adjacent to an activating group) is 1. The number of hydrogen-bond acceptors (Lipinski definition) is 8. The molecule has 3 aromatic heterocycles. The number of carbonyl (C=O) groups excluding carboxylic acids is 1. The van der Waals surface area contributed by atoms with Crippen LogP contribution in [0.2, 0.25) is 5.02 Å².